The third-order valence-corrected chi connectivity index (χ3v) is 2.49. The summed E-state index contributed by atoms with van der Waals surface area (Å²) in [5.74, 6) is -0.326. The van der Waals surface area contributed by atoms with E-state index in [1.165, 1.54) is 16.8 Å². The van der Waals surface area contributed by atoms with Crippen molar-refractivity contribution in [3.05, 3.63) is 40.4 Å². The summed E-state index contributed by atoms with van der Waals surface area (Å²) in [6, 6.07) is 4.26. The summed E-state index contributed by atoms with van der Waals surface area (Å²) in [5.41, 5.74) is 1.13. The van der Waals surface area contributed by atoms with Gasteiger partial charge in [0, 0.05) is 4.47 Å². The minimum Gasteiger partial charge on any atom is -0.390 e. The van der Waals surface area contributed by atoms with Gasteiger partial charge < -0.3 is 5.11 Å². The second-order valence-corrected chi connectivity index (χ2v) is 3.76. The second kappa shape index (κ2) is 4.08. The molecule has 0 fully saturated rings. The molecule has 4 nitrogen and oxygen atoms in total. The normalized spacial score (nSPS) is 10.6. The van der Waals surface area contributed by atoms with Crippen LogP contribution in [0, 0.1) is 5.82 Å². The molecule has 6 heteroatoms. The maximum Gasteiger partial charge on any atom is 0.124 e. The highest BCUT2D eigenvalue weighted by Gasteiger charge is 2.06. The fourth-order valence-electron chi connectivity index (χ4n) is 1.16. The molecule has 0 aliphatic rings. The summed E-state index contributed by atoms with van der Waals surface area (Å²) >= 11 is 3.22. The topological polar surface area (TPSA) is 50.9 Å². The van der Waals surface area contributed by atoms with Gasteiger partial charge in [0.15, 0.2) is 0 Å². The number of rotatable bonds is 2. The van der Waals surface area contributed by atoms with Gasteiger partial charge >= 0.3 is 0 Å². The summed E-state index contributed by atoms with van der Waals surface area (Å²) in [6.45, 7) is -0.168. The van der Waals surface area contributed by atoms with E-state index in [0.29, 0.717) is 15.9 Å². The fraction of sp³-hybridized carbons (Fsp3) is 0.111. The molecule has 2 rings (SSSR count). The summed E-state index contributed by atoms with van der Waals surface area (Å²) in [6.07, 6.45) is 1.58. The molecule has 0 radical (unpaired) electrons. The van der Waals surface area contributed by atoms with Crippen molar-refractivity contribution in [2.24, 2.45) is 0 Å². The van der Waals surface area contributed by atoms with E-state index in [4.69, 9.17) is 5.11 Å². The van der Waals surface area contributed by atoms with E-state index in [2.05, 4.69) is 26.2 Å². The van der Waals surface area contributed by atoms with Crippen LogP contribution in [0.5, 0.6) is 0 Å². The van der Waals surface area contributed by atoms with Crippen LogP contribution in [0.3, 0.4) is 0 Å². The van der Waals surface area contributed by atoms with Crippen molar-refractivity contribution in [3.63, 3.8) is 0 Å². The number of hydrogen-bond donors (Lipinski definition) is 1. The maximum atomic E-state index is 12.8. The lowest BCUT2D eigenvalue weighted by Gasteiger charge is -2.02. The van der Waals surface area contributed by atoms with Gasteiger partial charge in [0.25, 0.3) is 0 Å². The van der Waals surface area contributed by atoms with Crippen molar-refractivity contribution in [2.45, 2.75) is 6.61 Å². The van der Waals surface area contributed by atoms with Crippen LogP contribution in [0.15, 0.2) is 28.9 Å². The van der Waals surface area contributed by atoms with Crippen LogP contribution in [0.1, 0.15) is 5.69 Å². The molecule has 0 aliphatic heterocycles. The smallest absolute Gasteiger partial charge is 0.124 e. The molecule has 0 bridgehead atoms. The predicted octanol–water partition coefficient (Wildman–Crippen LogP) is 1.66. The lowest BCUT2D eigenvalue weighted by atomic mass is 10.3. The molecule has 1 heterocycles. The van der Waals surface area contributed by atoms with Crippen LogP contribution in [0.4, 0.5) is 4.39 Å². The van der Waals surface area contributed by atoms with Crippen LogP contribution in [0.25, 0.3) is 5.69 Å². The van der Waals surface area contributed by atoms with E-state index in [1.807, 2.05) is 0 Å². The Kier molecular flexibility index (Phi) is 2.79. The Labute approximate surface area is 93.5 Å². The number of aliphatic hydroxyl groups excluding tert-OH is 1. The largest absolute Gasteiger partial charge is 0.390 e. The minimum absolute atomic E-state index is 0.168. The zero-order valence-electron chi connectivity index (χ0n) is 7.56. The third kappa shape index (κ3) is 2.05. The molecule has 1 aromatic carbocycles. The molecule has 1 N–H and O–H groups in total. The van der Waals surface area contributed by atoms with Crippen molar-refractivity contribution in [3.8, 4) is 5.69 Å². The zero-order chi connectivity index (χ0) is 10.8. The van der Waals surface area contributed by atoms with Crippen molar-refractivity contribution in [2.75, 3.05) is 0 Å². The van der Waals surface area contributed by atoms with Crippen LogP contribution in [0.2, 0.25) is 0 Å². The first-order valence-corrected chi connectivity index (χ1v) is 4.97. The van der Waals surface area contributed by atoms with Gasteiger partial charge in [-0.05, 0) is 34.1 Å². The Morgan fingerprint density at radius 2 is 2.27 bits per heavy atom. The molecular weight excluding hydrogens is 265 g/mol. The van der Waals surface area contributed by atoms with Gasteiger partial charge in [0.1, 0.15) is 11.5 Å². The first kappa shape index (κ1) is 10.3. The molecule has 78 valence electrons. The Bertz CT molecular complexity index is 486. The number of aromatic nitrogens is 3. The maximum absolute atomic E-state index is 12.8. The number of nitrogens with zero attached hydrogens (tertiary/aromatic N) is 3. The lowest BCUT2D eigenvalue weighted by molar-refractivity contribution is 0.276. The Balaban J connectivity index is 2.44. The van der Waals surface area contributed by atoms with Crippen LogP contribution in [-0.2, 0) is 6.61 Å². The molecular formula is C9H7BrFN3O. The summed E-state index contributed by atoms with van der Waals surface area (Å²) < 4.78 is 14.9. The average Bonchev–Trinajstić information content (AvgIpc) is 2.66. The summed E-state index contributed by atoms with van der Waals surface area (Å²) in [5, 5.41) is 16.3. The monoisotopic (exact) mass is 271 g/mol. The molecule has 1 aromatic heterocycles. The summed E-state index contributed by atoms with van der Waals surface area (Å²) in [7, 11) is 0. The molecule has 0 atom stereocenters. The molecule has 0 spiro atoms. The highest BCUT2D eigenvalue weighted by molar-refractivity contribution is 9.10. The molecule has 0 unspecified atom stereocenters. The van der Waals surface area contributed by atoms with Crippen LogP contribution in [-0.4, -0.2) is 20.1 Å². The predicted molar refractivity (Wildman–Crippen MR) is 54.9 cm³/mol. The molecule has 0 saturated carbocycles. The van der Waals surface area contributed by atoms with Gasteiger partial charge in [-0.25, -0.2) is 9.07 Å². The van der Waals surface area contributed by atoms with Crippen LogP contribution < -0.4 is 0 Å². The number of hydrogen-bond acceptors (Lipinski definition) is 3. The van der Waals surface area contributed by atoms with E-state index < -0.39 is 0 Å². The molecule has 2 aromatic rings. The van der Waals surface area contributed by atoms with E-state index in [9.17, 15) is 4.39 Å². The zero-order valence-corrected chi connectivity index (χ0v) is 9.15. The average molecular weight is 272 g/mol. The van der Waals surface area contributed by atoms with Gasteiger partial charge in [-0.2, -0.15) is 0 Å². The third-order valence-electron chi connectivity index (χ3n) is 1.86. The first-order chi connectivity index (χ1) is 7.20. The van der Waals surface area contributed by atoms with E-state index in [1.54, 1.807) is 12.3 Å². The van der Waals surface area contributed by atoms with E-state index in [0.717, 1.165) is 0 Å². The minimum atomic E-state index is -0.326. The Hall–Kier alpha value is -1.27. The van der Waals surface area contributed by atoms with Gasteiger partial charge in [-0.3, -0.25) is 0 Å². The van der Waals surface area contributed by atoms with Crippen molar-refractivity contribution >= 4 is 15.9 Å². The van der Waals surface area contributed by atoms with E-state index in [-0.39, 0.29) is 12.4 Å². The standard InChI is InChI=1S/C9H7BrFN3O/c10-8-3-6(11)1-2-9(8)14-4-7(5-15)12-13-14/h1-4,15H,5H2. The Morgan fingerprint density at radius 1 is 1.47 bits per heavy atom. The number of benzene rings is 1. The van der Waals surface area contributed by atoms with Gasteiger partial charge in [0.2, 0.25) is 0 Å². The van der Waals surface area contributed by atoms with Gasteiger partial charge in [0.05, 0.1) is 18.5 Å². The first-order valence-electron chi connectivity index (χ1n) is 4.18. The summed E-state index contributed by atoms with van der Waals surface area (Å²) in [4.78, 5) is 0. The molecule has 0 aliphatic carbocycles. The molecule has 15 heavy (non-hydrogen) atoms. The molecule has 0 saturated heterocycles. The fourth-order valence-corrected chi connectivity index (χ4v) is 1.69. The number of halogens is 2. The van der Waals surface area contributed by atoms with Crippen molar-refractivity contribution in [1.29, 1.82) is 0 Å². The van der Waals surface area contributed by atoms with Crippen molar-refractivity contribution < 1.29 is 9.50 Å². The highest BCUT2D eigenvalue weighted by Crippen LogP contribution is 2.21. The lowest BCUT2D eigenvalue weighted by Crippen LogP contribution is -1.96. The highest BCUT2D eigenvalue weighted by atomic mass is 79.9. The van der Waals surface area contributed by atoms with Gasteiger partial charge in [-0.15, -0.1) is 5.10 Å². The van der Waals surface area contributed by atoms with Gasteiger partial charge in [-0.1, -0.05) is 5.21 Å². The van der Waals surface area contributed by atoms with Crippen molar-refractivity contribution in [1.82, 2.24) is 15.0 Å². The van der Waals surface area contributed by atoms with E-state index >= 15 is 0 Å². The molecule has 0 amide bonds. The SMILES string of the molecule is OCc1cn(-c2ccc(F)cc2Br)nn1. The Morgan fingerprint density at radius 3 is 2.87 bits per heavy atom. The quantitative estimate of drug-likeness (QED) is 0.904. The van der Waals surface area contributed by atoms with Crippen LogP contribution >= 0.6 is 15.9 Å². The number of aliphatic hydroxyl groups is 1. The second-order valence-electron chi connectivity index (χ2n) is 2.91.